The first-order chi connectivity index (χ1) is 15.7. The van der Waals surface area contributed by atoms with Crippen molar-refractivity contribution in [3.63, 3.8) is 0 Å². The summed E-state index contributed by atoms with van der Waals surface area (Å²) in [6.45, 7) is 1.80. The molecule has 1 aliphatic rings. The second-order valence-electron chi connectivity index (χ2n) is 7.89. The highest BCUT2D eigenvalue weighted by Gasteiger charge is 2.26. The minimum atomic E-state index is -0.114. The molecule has 1 amide bonds. The van der Waals surface area contributed by atoms with Crippen LogP contribution in [0.4, 0.5) is 0 Å². The van der Waals surface area contributed by atoms with Gasteiger partial charge in [-0.3, -0.25) is 9.59 Å². The van der Waals surface area contributed by atoms with Crippen molar-refractivity contribution < 1.29 is 9.32 Å². The summed E-state index contributed by atoms with van der Waals surface area (Å²) >= 11 is 1.55. The average Bonchev–Trinajstić information content (AvgIpc) is 3.53. The van der Waals surface area contributed by atoms with Crippen molar-refractivity contribution in [3.05, 3.63) is 82.1 Å². The van der Waals surface area contributed by atoms with Gasteiger partial charge in [0.2, 0.25) is 0 Å². The van der Waals surface area contributed by atoms with E-state index in [4.69, 9.17) is 4.52 Å². The lowest BCUT2D eigenvalue weighted by molar-refractivity contribution is 0.0670. The van der Waals surface area contributed by atoms with Crippen molar-refractivity contribution in [1.82, 2.24) is 19.8 Å². The van der Waals surface area contributed by atoms with E-state index in [2.05, 4.69) is 10.3 Å². The number of aromatic nitrogens is 3. The molecule has 7 nitrogen and oxygen atoms in total. The van der Waals surface area contributed by atoms with Crippen LogP contribution in [-0.4, -0.2) is 38.8 Å². The highest BCUT2D eigenvalue weighted by atomic mass is 32.1. The van der Waals surface area contributed by atoms with E-state index in [1.807, 2.05) is 52.7 Å². The molecule has 32 heavy (non-hydrogen) atoms. The summed E-state index contributed by atoms with van der Waals surface area (Å²) in [4.78, 5) is 28.0. The Bertz CT molecular complexity index is 1260. The molecular formula is C24H22N4O3S. The molecule has 5 rings (SSSR count). The summed E-state index contributed by atoms with van der Waals surface area (Å²) in [6, 6.07) is 18.7. The molecule has 4 heterocycles. The molecule has 1 aliphatic heterocycles. The molecule has 3 aromatic heterocycles. The number of piperidine rings is 1. The molecule has 0 saturated carbocycles. The maximum atomic E-state index is 12.8. The summed E-state index contributed by atoms with van der Waals surface area (Å²) in [5.41, 5.74) is 1.99. The molecule has 0 radical (unpaired) electrons. The number of likely N-dealkylation sites (tertiary alicyclic amines) is 1. The first kappa shape index (κ1) is 20.4. The normalized spacial score (nSPS) is 14.6. The molecule has 8 heteroatoms. The van der Waals surface area contributed by atoms with Gasteiger partial charge in [-0.15, -0.1) is 11.3 Å². The second kappa shape index (κ2) is 8.92. The summed E-state index contributed by atoms with van der Waals surface area (Å²) in [5.74, 6) is 0.785. The van der Waals surface area contributed by atoms with Crippen molar-refractivity contribution >= 4 is 17.2 Å². The van der Waals surface area contributed by atoms with Crippen LogP contribution in [0.2, 0.25) is 0 Å². The molecule has 1 fully saturated rings. The molecule has 162 valence electrons. The minimum absolute atomic E-state index is 0.105. The number of rotatable bonds is 5. The third-order valence-electron chi connectivity index (χ3n) is 5.76. The zero-order chi connectivity index (χ0) is 21.9. The molecule has 1 aromatic carbocycles. The van der Waals surface area contributed by atoms with Crippen molar-refractivity contribution in [1.29, 1.82) is 0 Å². The average molecular weight is 447 g/mol. The highest BCUT2D eigenvalue weighted by molar-refractivity contribution is 7.13. The Morgan fingerprint density at radius 2 is 1.88 bits per heavy atom. The van der Waals surface area contributed by atoms with E-state index in [1.54, 1.807) is 34.2 Å². The first-order valence-corrected chi connectivity index (χ1v) is 11.5. The molecule has 0 atom stereocenters. The van der Waals surface area contributed by atoms with Gasteiger partial charge in [0.15, 0.2) is 11.5 Å². The number of hydrogen-bond donors (Lipinski definition) is 0. The lowest BCUT2D eigenvalue weighted by Crippen LogP contribution is -2.40. The van der Waals surface area contributed by atoms with Gasteiger partial charge in [0, 0.05) is 37.3 Å². The van der Waals surface area contributed by atoms with Gasteiger partial charge < -0.3 is 9.42 Å². The molecule has 0 aliphatic carbocycles. The number of amides is 1. The molecule has 1 saturated heterocycles. The highest BCUT2D eigenvalue weighted by Crippen LogP contribution is 2.26. The Morgan fingerprint density at radius 1 is 1.06 bits per heavy atom. The monoisotopic (exact) mass is 446 g/mol. The fourth-order valence-corrected chi connectivity index (χ4v) is 4.65. The van der Waals surface area contributed by atoms with Crippen LogP contribution in [0.25, 0.3) is 21.9 Å². The van der Waals surface area contributed by atoms with Crippen molar-refractivity contribution in [2.75, 3.05) is 13.1 Å². The smallest absolute Gasteiger partial charge is 0.276 e. The quantitative estimate of drug-likeness (QED) is 0.459. The van der Waals surface area contributed by atoms with Gasteiger partial charge in [0.05, 0.1) is 10.6 Å². The summed E-state index contributed by atoms with van der Waals surface area (Å²) in [6.07, 6.45) is 1.62. The SMILES string of the molecule is O=C(c1cc(-c2cccs2)on1)N1CCC(Cn2nc(-c3ccccc3)ccc2=O)CC1. The number of hydrogen-bond acceptors (Lipinski definition) is 6. The van der Waals surface area contributed by atoms with Gasteiger partial charge in [-0.2, -0.15) is 5.10 Å². The summed E-state index contributed by atoms with van der Waals surface area (Å²) in [7, 11) is 0. The molecule has 4 aromatic rings. The molecular weight excluding hydrogens is 424 g/mol. The number of thiophene rings is 1. The Morgan fingerprint density at radius 3 is 2.62 bits per heavy atom. The zero-order valence-corrected chi connectivity index (χ0v) is 18.2. The van der Waals surface area contributed by atoms with E-state index in [1.165, 1.54) is 0 Å². The largest absolute Gasteiger partial charge is 0.355 e. The van der Waals surface area contributed by atoms with E-state index >= 15 is 0 Å². The van der Waals surface area contributed by atoms with Crippen molar-refractivity contribution in [2.45, 2.75) is 19.4 Å². The maximum Gasteiger partial charge on any atom is 0.276 e. The van der Waals surface area contributed by atoms with E-state index in [9.17, 15) is 9.59 Å². The van der Waals surface area contributed by atoms with Crippen LogP contribution >= 0.6 is 11.3 Å². The third kappa shape index (κ3) is 4.27. The van der Waals surface area contributed by atoms with Crippen LogP contribution < -0.4 is 5.56 Å². The van der Waals surface area contributed by atoms with Gasteiger partial charge in [0.25, 0.3) is 11.5 Å². The standard InChI is InChI=1S/C24H22N4O3S/c29-23-9-8-19(18-5-2-1-3-6-18)25-28(23)16-17-10-12-27(13-11-17)24(30)20-15-21(31-26-20)22-7-4-14-32-22/h1-9,14-15,17H,10-13,16H2. The van der Waals surface area contributed by atoms with Gasteiger partial charge in [-0.1, -0.05) is 41.6 Å². The van der Waals surface area contributed by atoms with E-state index in [-0.39, 0.29) is 17.4 Å². The fourth-order valence-electron chi connectivity index (χ4n) is 3.98. The van der Waals surface area contributed by atoms with Crippen LogP contribution in [0, 0.1) is 5.92 Å². The lowest BCUT2D eigenvalue weighted by atomic mass is 9.96. The maximum absolute atomic E-state index is 12.8. The topological polar surface area (TPSA) is 81.2 Å². The summed E-state index contributed by atoms with van der Waals surface area (Å²) in [5, 5.41) is 10.5. The zero-order valence-electron chi connectivity index (χ0n) is 17.4. The third-order valence-corrected chi connectivity index (χ3v) is 6.65. The lowest BCUT2D eigenvalue weighted by Gasteiger charge is -2.31. The molecule has 0 N–H and O–H groups in total. The van der Waals surface area contributed by atoms with E-state index < -0.39 is 0 Å². The number of nitrogens with zero attached hydrogens (tertiary/aromatic N) is 4. The summed E-state index contributed by atoms with van der Waals surface area (Å²) < 4.78 is 6.90. The fraction of sp³-hybridized carbons (Fsp3) is 0.250. The van der Waals surface area contributed by atoms with Gasteiger partial charge in [-0.05, 0) is 36.3 Å². The van der Waals surface area contributed by atoms with E-state index in [0.29, 0.717) is 31.1 Å². The Balaban J connectivity index is 1.22. The minimum Gasteiger partial charge on any atom is -0.355 e. The van der Waals surface area contributed by atoms with Crippen LogP contribution in [0.5, 0.6) is 0 Å². The Labute approximate surface area is 188 Å². The first-order valence-electron chi connectivity index (χ1n) is 10.6. The number of benzene rings is 1. The van der Waals surface area contributed by atoms with Gasteiger partial charge >= 0.3 is 0 Å². The Hall–Kier alpha value is -3.52. The Kier molecular flexibility index (Phi) is 5.68. The van der Waals surface area contributed by atoms with Crippen LogP contribution in [-0.2, 0) is 6.54 Å². The van der Waals surface area contributed by atoms with Crippen LogP contribution in [0.1, 0.15) is 23.3 Å². The molecule has 0 unspecified atom stereocenters. The second-order valence-corrected chi connectivity index (χ2v) is 8.84. The predicted molar refractivity (Wildman–Crippen MR) is 122 cm³/mol. The van der Waals surface area contributed by atoms with Gasteiger partial charge in [0.1, 0.15) is 0 Å². The van der Waals surface area contributed by atoms with E-state index in [0.717, 1.165) is 29.0 Å². The van der Waals surface area contributed by atoms with Crippen molar-refractivity contribution in [2.24, 2.45) is 5.92 Å². The van der Waals surface area contributed by atoms with Gasteiger partial charge in [-0.25, -0.2) is 4.68 Å². The number of carbonyl (C=O) groups is 1. The van der Waals surface area contributed by atoms with Crippen LogP contribution in [0.3, 0.4) is 0 Å². The van der Waals surface area contributed by atoms with Crippen LogP contribution in [0.15, 0.2) is 75.4 Å². The predicted octanol–water partition coefficient (Wildman–Crippen LogP) is 4.18. The molecule has 0 spiro atoms. The number of carbonyl (C=O) groups excluding carboxylic acids is 1. The molecule has 0 bridgehead atoms. The van der Waals surface area contributed by atoms with Crippen molar-refractivity contribution in [3.8, 4) is 21.9 Å².